The highest BCUT2D eigenvalue weighted by molar-refractivity contribution is 5.77. The molecule has 0 atom stereocenters. The highest BCUT2D eigenvalue weighted by atomic mass is 16.5. The van der Waals surface area contributed by atoms with E-state index in [9.17, 15) is 4.79 Å². The van der Waals surface area contributed by atoms with Gasteiger partial charge in [0.05, 0.1) is 0 Å². The molecule has 0 radical (unpaired) electrons. The number of nitrogens with one attached hydrogen (secondary N) is 1. The van der Waals surface area contributed by atoms with Crippen LogP contribution in [0.5, 0.6) is 5.75 Å². The molecule has 0 fully saturated rings. The number of carbonyl (C=O) groups is 1. The first-order valence-corrected chi connectivity index (χ1v) is 6.77. The summed E-state index contributed by atoms with van der Waals surface area (Å²) in [4.78, 5) is 11.5. The van der Waals surface area contributed by atoms with Crippen LogP contribution in [0.4, 0.5) is 0 Å². The Balaban J connectivity index is 2.55. The lowest BCUT2D eigenvalue weighted by molar-refractivity contribution is -0.123. The molecule has 0 unspecified atom stereocenters. The van der Waals surface area contributed by atoms with E-state index in [1.807, 2.05) is 32.0 Å². The maximum atomic E-state index is 11.5. The number of hydrogen-bond donors (Lipinski definition) is 1. The van der Waals surface area contributed by atoms with Crippen molar-refractivity contribution < 1.29 is 9.53 Å². The van der Waals surface area contributed by atoms with Gasteiger partial charge in [0, 0.05) is 6.04 Å². The van der Waals surface area contributed by atoms with Crippen LogP contribution in [0.1, 0.15) is 40.2 Å². The van der Waals surface area contributed by atoms with E-state index in [2.05, 4.69) is 32.2 Å². The van der Waals surface area contributed by atoms with Gasteiger partial charge in [-0.2, -0.15) is 0 Å². The van der Waals surface area contributed by atoms with Gasteiger partial charge in [0.1, 0.15) is 5.75 Å². The summed E-state index contributed by atoms with van der Waals surface area (Å²) >= 11 is 0. The second kappa shape index (κ2) is 6.60. The minimum absolute atomic E-state index is 0.0666. The molecule has 0 aromatic heterocycles. The first-order chi connectivity index (χ1) is 8.76. The fourth-order valence-corrected chi connectivity index (χ4v) is 1.87. The smallest absolute Gasteiger partial charge is 0.258 e. The van der Waals surface area contributed by atoms with E-state index in [0.717, 1.165) is 12.2 Å². The summed E-state index contributed by atoms with van der Waals surface area (Å²) in [5.74, 6) is 0.664. The third-order valence-electron chi connectivity index (χ3n) is 2.45. The molecule has 1 N–H and O–H groups in total. The van der Waals surface area contributed by atoms with Gasteiger partial charge < -0.3 is 10.1 Å². The van der Waals surface area contributed by atoms with Gasteiger partial charge in [0.25, 0.3) is 5.91 Å². The van der Waals surface area contributed by atoms with Crippen LogP contribution in [0.25, 0.3) is 0 Å². The molecule has 1 aromatic rings. The lowest BCUT2D eigenvalue weighted by Gasteiger charge is -2.18. The molecule has 106 valence electrons. The molecule has 1 aromatic carbocycles. The molecule has 0 aliphatic heterocycles. The summed E-state index contributed by atoms with van der Waals surface area (Å²) in [7, 11) is 0. The van der Waals surface area contributed by atoms with Crippen molar-refractivity contribution in [2.75, 3.05) is 6.61 Å². The van der Waals surface area contributed by atoms with E-state index in [1.54, 1.807) is 0 Å². The van der Waals surface area contributed by atoms with Crippen LogP contribution in [0, 0.1) is 5.41 Å². The Morgan fingerprint density at radius 3 is 2.58 bits per heavy atom. The monoisotopic (exact) mass is 263 g/mol. The summed E-state index contributed by atoms with van der Waals surface area (Å²) in [6.45, 7) is 10.5. The van der Waals surface area contributed by atoms with E-state index in [-0.39, 0.29) is 24.0 Å². The van der Waals surface area contributed by atoms with E-state index in [1.165, 1.54) is 5.56 Å². The van der Waals surface area contributed by atoms with Gasteiger partial charge >= 0.3 is 0 Å². The largest absolute Gasteiger partial charge is 0.484 e. The number of carbonyl (C=O) groups excluding carboxylic acids is 1. The van der Waals surface area contributed by atoms with Gasteiger partial charge in [-0.05, 0) is 43.4 Å². The summed E-state index contributed by atoms with van der Waals surface area (Å²) < 4.78 is 5.51. The molecule has 0 bridgehead atoms. The van der Waals surface area contributed by atoms with Crippen LogP contribution in [0.3, 0.4) is 0 Å². The Labute approximate surface area is 116 Å². The van der Waals surface area contributed by atoms with Gasteiger partial charge in [-0.25, -0.2) is 0 Å². The third kappa shape index (κ3) is 6.85. The van der Waals surface area contributed by atoms with Crippen LogP contribution < -0.4 is 10.1 Å². The summed E-state index contributed by atoms with van der Waals surface area (Å²) in [6.07, 6.45) is 0.988. The minimum atomic E-state index is -0.0868. The SMILES string of the molecule is CC(C)NC(=O)COc1cccc(CC(C)(C)C)c1. The van der Waals surface area contributed by atoms with Crippen molar-refractivity contribution >= 4 is 5.91 Å². The molecule has 19 heavy (non-hydrogen) atoms. The van der Waals surface area contributed by atoms with Crippen molar-refractivity contribution in [3.63, 3.8) is 0 Å². The molecule has 0 spiro atoms. The molecule has 0 saturated heterocycles. The number of benzene rings is 1. The van der Waals surface area contributed by atoms with Crippen LogP contribution in [-0.2, 0) is 11.2 Å². The number of amides is 1. The first kappa shape index (κ1) is 15.5. The normalized spacial score (nSPS) is 11.5. The standard InChI is InChI=1S/C16H25NO2/c1-12(2)17-15(18)11-19-14-8-6-7-13(9-14)10-16(3,4)5/h6-9,12H,10-11H2,1-5H3,(H,17,18). The van der Waals surface area contributed by atoms with Gasteiger partial charge in [-0.1, -0.05) is 32.9 Å². The van der Waals surface area contributed by atoms with Gasteiger partial charge in [0.15, 0.2) is 6.61 Å². The molecule has 0 heterocycles. The molecular formula is C16H25NO2. The Morgan fingerprint density at radius 2 is 2.00 bits per heavy atom. The zero-order chi connectivity index (χ0) is 14.5. The van der Waals surface area contributed by atoms with Crippen LogP contribution in [0.15, 0.2) is 24.3 Å². The number of rotatable bonds is 5. The molecule has 0 aliphatic rings. The highest BCUT2D eigenvalue weighted by Gasteiger charge is 2.12. The minimum Gasteiger partial charge on any atom is -0.484 e. The lowest BCUT2D eigenvalue weighted by atomic mass is 9.88. The van der Waals surface area contributed by atoms with E-state index in [0.29, 0.717) is 0 Å². The maximum Gasteiger partial charge on any atom is 0.258 e. The summed E-state index contributed by atoms with van der Waals surface area (Å²) in [6, 6.07) is 8.09. The summed E-state index contributed by atoms with van der Waals surface area (Å²) in [5.41, 5.74) is 1.47. The zero-order valence-corrected chi connectivity index (χ0v) is 12.6. The zero-order valence-electron chi connectivity index (χ0n) is 12.6. The van der Waals surface area contributed by atoms with Crippen LogP contribution in [-0.4, -0.2) is 18.6 Å². The molecule has 3 heteroatoms. The number of ether oxygens (including phenoxy) is 1. The molecule has 3 nitrogen and oxygen atoms in total. The predicted octanol–water partition coefficient (Wildman–Crippen LogP) is 3.18. The first-order valence-electron chi connectivity index (χ1n) is 6.77. The summed E-state index contributed by atoms with van der Waals surface area (Å²) in [5, 5.41) is 2.80. The van der Waals surface area contributed by atoms with Gasteiger partial charge in [-0.3, -0.25) is 4.79 Å². The quantitative estimate of drug-likeness (QED) is 0.886. The van der Waals surface area contributed by atoms with E-state index >= 15 is 0 Å². The van der Waals surface area contributed by atoms with Crippen molar-refractivity contribution in [2.45, 2.75) is 47.1 Å². The molecular weight excluding hydrogens is 238 g/mol. The molecule has 0 saturated carbocycles. The molecule has 1 rings (SSSR count). The predicted molar refractivity (Wildman–Crippen MR) is 78.4 cm³/mol. The van der Waals surface area contributed by atoms with Crippen molar-refractivity contribution in [2.24, 2.45) is 5.41 Å². The Morgan fingerprint density at radius 1 is 1.32 bits per heavy atom. The fraction of sp³-hybridized carbons (Fsp3) is 0.562. The van der Waals surface area contributed by atoms with Crippen LogP contribution in [0.2, 0.25) is 0 Å². The van der Waals surface area contributed by atoms with Crippen molar-refractivity contribution in [3.8, 4) is 5.75 Å². The Hall–Kier alpha value is -1.51. The average molecular weight is 263 g/mol. The maximum absolute atomic E-state index is 11.5. The molecule has 1 amide bonds. The van der Waals surface area contributed by atoms with Crippen molar-refractivity contribution in [1.82, 2.24) is 5.32 Å². The van der Waals surface area contributed by atoms with Crippen molar-refractivity contribution in [1.29, 1.82) is 0 Å². The Kier molecular flexibility index (Phi) is 5.40. The van der Waals surface area contributed by atoms with Crippen molar-refractivity contribution in [3.05, 3.63) is 29.8 Å². The van der Waals surface area contributed by atoms with Gasteiger partial charge in [0.2, 0.25) is 0 Å². The van der Waals surface area contributed by atoms with E-state index in [4.69, 9.17) is 4.74 Å². The van der Waals surface area contributed by atoms with Crippen LogP contribution >= 0.6 is 0 Å². The number of hydrogen-bond acceptors (Lipinski definition) is 2. The lowest BCUT2D eigenvalue weighted by Crippen LogP contribution is -2.34. The third-order valence-corrected chi connectivity index (χ3v) is 2.45. The second-order valence-electron chi connectivity index (χ2n) is 6.40. The average Bonchev–Trinajstić information content (AvgIpc) is 2.23. The van der Waals surface area contributed by atoms with E-state index < -0.39 is 0 Å². The molecule has 0 aliphatic carbocycles. The Bertz CT molecular complexity index is 419. The van der Waals surface area contributed by atoms with Gasteiger partial charge in [-0.15, -0.1) is 0 Å². The highest BCUT2D eigenvalue weighted by Crippen LogP contribution is 2.23. The second-order valence-corrected chi connectivity index (χ2v) is 6.40. The fourth-order valence-electron chi connectivity index (χ4n) is 1.87. The topological polar surface area (TPSA) is 38.3 Å².